The van der Waals surface area contributed by atoms with Gasteiger partial charge in [0.2, 0.25) is 5.78 Å². The summed E-state index contributed by atoms with van der Waals surface area (Å²) in [7, 11) is 6.16. The van der Waals surface area contributed by atoms with Crippen LogP contribution in [0.15, 0.2) is 29.3 Å². The van der Waals surface area contributed by atoms with E-state index in [2.05, 4.69) is 50.7 Å². The number of rotatable bonds is 7. The molecule has 1 fully saturated rings. The predicted octanol–water partition coefficient (Wildman–Crippen LogP) is 3.33. The Morgan fingerprint density at radius 2 is 1.89 bits per heavy atom. The van der Waals surface area contributed by atoms with Crippen molar-refractivity contribution in [3.05, 3.63) is 52.7 Å². The highest BCUT2D eigenvalue weighted by Gasteiger charge is 2.24. The van der Waals surface area contributed by atoms with Crippen LogP contribution in [0, 0.1) is 13.8 Å². The summed E-state index contributed by atoms with van der Waals surface area (Å²) in [6.45, 7) is 9.85. The number of aromatic nitrogens is 6. The molecule has 1 N–H and O–H groups in total. The van der Waals surface area contributed by atoms with Crippen LogP contribution in [0.25, 0.3) is 22.4 Å². The second kappa shape index (κ2) is 9.85. The fraction of sp³-hybridized carbons (Fsp3) is 0.407. The van der Waals surface area contributed by atoms with Gasteiger partial charge < -0.3 is 14.8 Å². The highest BCUT2D eigenvalue weighted by molar-refractivity contribution is 6.06. The quantitative estimate of drug-likeness (QED) is 0.307. The van der Waals surface area contributed by atoms with Crippen LogP contribution in [0.2, 0.25) is 0 Å². The summed E-state index contributed by atoms with van der Waals surface area (Å²) in [5, 5.41) is 4.52. The van der Waals surface area contributed by atoms with Crippen LogP contribution in [-0.2, 0) is 13.6 Å². The molecule has 5 heterocycles. The molecule has 0 radical (unpaired) electrons. The van der Waals surface area contributed by atoms with Gasteiger partial charge in [-0.3, -0.25) is 14.5 Å². The smallest absolute Gasteiger partial charge is 0.246 e. The van der Waals surface area contributed by atoms with Gasteiger partial charge in [0.05, 0.1) is 23.4 Å². The van der Waals surface area contributed by atoms with Gasteiger partial charge in [-0.15, -0.1) is 0 Å². The second-order valence-corrected chi connectivity index (χ2v) is 9.89. The number of fused-ring (bicyclic) bond motifs is 1. The van der Waals surface area contributed by atoms with Crippen LogP contribution in [0.1, 0.15) is 46.1 Å². The summed E-state index contributed by atoms with van der Waals surface area (Å²) < 4.78 is 1.82. The number of H-pyrrole nitrogens is 1. The fourth-order valence-electron chi connectivity index (χ4n) is 5.09. The van der Waals surface area contributed by atoms with Gasteiger partial charge in [0.1, 0.15) is 11.5 Å². The van der Waals surface area contributed by atoms with E-state index >= 15 is 0 Å². The molecule has 1 aliphatic rings. The molecule has 0 aliphatic carbocycles. The first-order valence-corrected chi connectivity index (χ1v) is 12.5. The van der Waals surface area contributed by atoms with Gasteiger partial charge >= 0.3 is 0 Å². The molecule has 0 unspecified atom stereocenters. The Morgan fingerprint density at radius 3 is 2.54 bits per heavy atom. The topological polar surface area (TPSA) is 108 Å². The van der Waals surface area contributed by atoms with Crippen LogP contribution in [0.4, 0.5) is 5.82 Å². The minimum atomic E-state index is -0.287. The summed E-state index contributed by atoms with van der Waals surface area (Å²) in [5.74, 6) is 0.822. The number of nitrogens with one attached hydrogen (secondary N) is 1. The summed E-state index contributed by atoms with van der Waals surface area (Å²) in [6.07, 6.45) is 2.19. The molecule has 192 valence electrons. The first-order chi connectivity index (χ1) is 17.8. The number of carbonyl (C=O) groups excluding carboxylic acids is 1. The number of aryl methyl sites for hydroxylation is 2. The van der Waals surface area contributed by atoms with Gasteiger partial charge in [0.25, 0.3) is 0 Å². The maximum Gasteiger partial charge on any atom is 0.246 e. The molecule has 0 aromatic carbocycles. The maximum absolute atomic E-state index is 13.5. The lowest BCUT2D eigenvalue weighted by Gasteiger charge is -2.35. The zero-order valence-electron chi connectivity index (χ0n) is 22.1. The van der Waals surface area contributed by atoms with E-state index in [1.807, 2.05) is 43.8 Å². The number of aliphatic imine (C=N–C) groups is 1. The summed E-state index contributed by atoms with van der Waals surface area (Å²) in [4.78, 5) is 39.3. The first-order valence-electron chi connectivity index (χ1n) is 12.5. The van der Waals surface area contributed by atoms with E-state index in [9.17, 15) is 4.79 Å². The van der Waals surface area contributed by atoms with Crippen LogP contribution < -0.4 is 4.90 Å². The summed E-state index contributed by atoms with van der Waals surface area (Å²) in [5.41, 5.74) is 5.86. The number of aromatic amines is 1. The van der Waals surface area contributed by atoms with Gasteiger partial charge in [-0.05, 0) is 71.3 Å². The van der Waals surface area contributed by atoms with Gasteiger partial charge in [0, 0.05) is 37.4 Å². The average Bonchev–Trinajstić information content (AvgIpc) is 3.43. The lowest BCUT2D eigenvalue weighted by Crippen LogP contribution is -2.42. The molecule has 0 bridgehead atoms. The number of carbonyl (C=O) groups is 1. The van der Waals surface area contributed by atoms with E-state index in [1.54, 1.807) is 6.07 Å². The van der Waals surface area contributed by atoms with Crippen LogP contribution in [-0.4, -0.2) is 80.3 Å². The summed E-state index contributed by atoms with van der Waals surface area (Å²) in [6, 6.07) is 8.13. The number of pyridine rings is 2. The van der Waals surface area contributed by atoms with Crippen molar-refractivity contribution in [1.82, 2.24) is 34.6 Å². The standard InChI is InChI=1S/C27H33N9O/c1-16-23(17(2)35(6)33-16)24-18(15-28-3)7-8-20(29-24)25(37)27-30-21-9-10-22(31-26(21)32-27)36-13-11-19(12-14-36)34(4)5/h7-10,19H,3,11-15H2,1-2,4-6H3,(H,30,31,32). The molecular weight excluding hydrogens is 466 g/mol. The Hall–Kier alpha value is -3.92. The Morgan fingerprint density at radius 1 is 1.14 bits per heavy atom. The zero-order chi connectivity index (χ0) is 26.3. The number of nitrogens with zero attached hydrogens (tertiary/aromatic N) is 8. The molecule has 0 saturated carbocycles. The highest BCUT2D eigenvalue weighted by atomic mass is 16.1. The third-order valence-electron chi connectivity index (χ3n) is 7.30. The van der Waals surface area contributed by atoms with E-state index in [4.69, 9.17) is 9.97 Å². The minimum Gasteiger partial charge on any atom is -0.356 e. The largest absolute Gasteiger partial charge is 0.356 e. The molecule has 10 heteroatoms. The third kappa shape index (κ3) is 4.64. The Bertz CT molecular complexity index is 1470. The molecule has 4 aromatic heterocycles. The van der Waals surface area contributed by atoms with Gasteiger partial charge in [-0.1, -0.05) is 6.07 Å². The van der Waals surface area contributed by atoms with Crippen LogP contribution in [0.5, 0.6) is 0 Å². The normalized spacial score (nSPS) is 14.6. The highest BCUT2D eigenvalue weighted by Crippen LogP contribution is 2.29. The molecule has 4 aromatic rings. The van der Waals surface area contributed by atoms with E-state index in [0.717, 1.165) is 59.8 Å². The third-order valence-corrected chi connectivity index (χ3v) is 7.30. The minimum absolute atomic E-state index is 0.221. The predicted molar refractivity (Wildman–Crippen MR) is 145 cm³/mol. The molecule has 5 rings (SSSR count). The number of hydrogen-bond donors (Lipinski definition) is 1. The van der Waals surface area contributed by atoms with E-state index in [-0.39, 0.29) is 11.6 Å². The van der Waals surface area contributed by atoms with Crippen molar-refractivity contribution in [3.63, 3.8) is 0 Å². The number of hydrogen-bond acceptors (Lipinski definition) is 8. The van der Waals surface area contributed by atoms with Crippen LogP contribution in [0.3, 0.4) is 0 Å². The first kappa shape index (κ1) is 24.8. The Balaban J connectivity index is 1.45. The molecule has 0 amide bonds. The number of ketones is 1. The van der Waals surface area contributed by atoms with Crippen molar-refractivity contribution >= 4 is 29.5 Å². The Kier molecular flexibility index (Phi) is 6.59. The molecule has 1 aliphatic heterocycles. The van der Waals surface area contributed by atoms with E-state index in [1.165, 1.54) is 0 Å². The molecular formula is C27H33N9O. The van der Waals surface area contributed by atoms with Crippen molar-refractivity contribution in [3.8, 4) is 11.3 Å². The molecule has 1 saturated heterocycles. The molecule has 37 heavy (non-hydrogen) atoms. The van der Waals surface area contributed by atoms with Crippen molar-refractivity contribution in [2.24, 2.45) is 12.0 Å². The number of piperidine rings is 1. The summed E-state index contributed by atoms with van der Waals surface area (Å²) >= 11 is 0. The number of anilines is 1. The van der Waals surface area contributed by atoms with Crippen LogP contribution >= 0.6 is 0 Å². The van der Waals surface area contributed by atoms with Crippen molar-refractivity contribution in [2.45, 2.75) is 39.3 Å². The maximum atomic E-state index is 13.5. The van der Waals surface area contributed by atoms with Gasteiger partial charge in [-0.2, -0.15) is 5.10 Å². The average molecular weight is 500 g/mol. The van der Waals surface area contributed by atoms with Gasteiger partial charge in [-0.25, -0.2) is 15.0 Å². The molecule has 0 spiro atoms. The van der Waals surface area contributed by atoms with Gasteiger partial charge in [0.15, 0.2) is 11.5 Å². The number of imidazole rings is 1. The molecule has 10 nitrogen and oxygen atoms in total. The monoisotopic (exact) mass is 499 g/mol. The lowest BCUT2D eigenvalue weighted by molar-refractivity contribution is 0.102. The van der Waals surface area contributed by atoms with Crippen molar-refractivity contribution in [1.29, 1.82) is 0 Å². The van der Waals surface area contributed by atoms with E-state index < -0.39 is 0 Å². The van der Waals surface area contributed by atoms with Crippen molar-refractivity contribution < 1.29 is 4.79 Å². The Labute approximate surface area is 216 Å². The molecule has 0 atom stereocenters. The lowest BCUT2D eigenvalue weighted by atomic mass is 10.0. The van der Waals surface area contributed by atoms with Crippen molar-refractivity contribution in [2.75, 3.05) is 32.1 Å². The van der Waals surface area contributed by atoms with E-state index in [0.29, 0.717) is 29.6 Å². The zero-order valence-corrected chi connectivity index (χ0v) is 22.1. The SMILES string of the molecule is C=NCc1ccc(C(=O)c2nc3nc(N4CCC(N(C)C)CC4)ccc3[nH]2)nc1-c1c(C)nn(C)c1C. The second-order valence-electron chi connectivity index (χ2n) is 9.89. The fourth-order valence-corrected chi connectivity index (χ4v) is 5.09.